The average molecular weight is 583 g/mol. The Hall–Kier alpha value is -4.14. The fourth-order valence-corrected chi connectivity index (χ4v) is 4.82. The van der Waals surface area contributed by atoms with Crippen LogP contribution >= 0.6 is 11.3 Å². The van der Waals surface area contributed by atoms with Gasteiger partial charge in [0, 0.05) is 18.7 Å². The maximum atomic E-state index is 13.0. The molecule has 0 aliphatic heterocycles. The number of benzene rings is 2. The molecular formula is C28H34N6O6S. The molecule has 2 aromatic carbocycles. The second kappa shape index (κ2) is 15.0. The highest BCUT2D eigenvalue weighted by Crippen LogP contribution is 2.39. The van der Waals surface area contributed by atoms with E-state index in [2.05, 4.69) is 21.4 Å². The summed E-state index contributed by atoms with van der Waals surface area (Å²) in [6.45, 7) is 2.69. The SMILES string of the molecule is Cc1[nH]n(-c2ccc3c(c2)CCC3)c(=O)c1N=Nc1cccc(-c2csc(C(=O)O)c2)c1O.NCCO.NCCO. The van der Waals surface area contributed by atoms with Gasteiger partial charge in [0.1, 0.15) is 10.6 Å². The van der Waals surface area contributed by atoms with Crippen molar-refractivity contribution in [1.29, 1.82) is 0 Å². The minimum Gasteiger partial charge on any atom is -0.505 e. The number of aliphatic hydroxyl groups is 2. The number of carbonyl (C=O) groups is 1. The third-order valence-corrected chi connectivity index (χ3v) is 6.95. The number of rotatable bonds is 7. The summed E-state index contributed by atoms with van der Waals surface area (Å²) in [5.74, 6) is -1.16. The highest BCUT2D eigenvalue weighted by atomic mass is 32.1. The molecule has 12 nitrogen and oxygen atoms in total. The predicted octanol–water partition coefficient (Wildman–Crippen LogP) is 3.39. The molecule has 0 bridgehead atoms. The van der Waals surface area contributed by atoms with Gasteiger partial charge in [0.2, 0.25) is 0 Å². The molecule has 0 saturated heterocycles. The normalized spacial score (nSPS) is 11.9. The van der Waals surface area contributed by atoms with Crippen molar-refractivity contribution in [3.05, 3.63) is 79.9 Å². The average Bonchev–Trinajstić information content (AvgIpc) is 3.72. The topological polar surface area (TPSA) is 213 Å². The van der Waals surface area contributed by atoms with Gasteiger partial charge in [0.25, 0.3) is 5.56 Å². The number of aromatic amines is 1. The standard InChI is InChI=1S/C24H20N4O4S.2C2H7NO/c1-13-21(23(30)28(27-13)17-9-8-14-4-2-5-15(14)10-17)26-25-19-7-3-6-18(22(19)29)16-11-20(24(31)32)33-12-16;2*3-1-2-4/h3,6-12,27,29H,2,4-5H2,1H3,(H,31,32);2*4H,1-3H2. The number of phenolic OH excluding ortho intramolecular Hbond substituents is 1. The summed E-state index contributed by atoms with van der Waals surface area (Å²) in [4.78, 5) is 24.3. The molecule has 218 valence electrons. The fourth-order valence-electron chi connectivity index (χ4n) is 4.07. The van der Waals surface area contributed by atoms with E-state index in [0.29, 0.717) is 29.9 Å². The van der Waals surface area contributed by atoms with E-state index in [1.54, 1.807) is 30.5 Å². The lowest BCUT2D eigenvalue weighted by atomic mass is 10.1. The van der Waals surface area contributed by atoms with Crippen molar-refractivity contribution >= 4 is 28.7 Å². The Morgan fingerprint density at radius 2 is 1.73 bits per heavy atom. The largest absolute Gasteiger partial charge is 0.505 e. The zero-order valence-electron chi connectivity index (χ0n) is 22.6. The monoisotopic (exact) mass is 582 g/mol. The number of aromatic nitrogens is 2. The number of nitrogens with one attached hydrogen (secondary N) is 1. The summed E-state index contributed by atoms with van der Waals surface area (Å²) in [6.07, 6.45) is 3.21. The van der Waals surface area contributed by atoms with Crippen molar-refractivity contribution in [1.82, 2.24) is 9.78 Å². The third-order valence-electron chi connectivity index (χ3n) is 6.03. The Balaban J connectivity index is 0.000000515. The number of nitrogens with zero attached hydrogens (tertiary/aromatic N) is 3. The van der Waals surface area contributed by atoms with Crippen molar-refractivity contribution in [3.8, 4) is 22.6 Å². The molecule has 0 unspecified atom stereocenters. The zero-order valence-corrected chi connectivity index (χ0v) is 23.4. The summed E-state index contributed by atoms with van der Waals surface area (Å²) in [5, 5.41) is 48.3. The minimum atomic E-state index is -1.02. The first-order chi connectivity index (χ1) is 19.7. The minimum absolute atomic E-state index is 0.0972. The molecule has 4 aromatic rings. The predicted molar refractivity (Wildman–Crippen MR) is 158 cm³/mol. The van der Waals surface area contributed by atoms with Crippen LogP contribution < -0.4 is 17.0 Å². The molecule has 1 aliphatic carbocycles. The van der Waals surface area contributed by atoms with Gasteiger partial charge in [-0.3, -0.25) is 9.89 Å². The summed E-state index contributed by atoms with van der Waals surface area (Å²) < 4.78 is 1.46. The summed E-state index contributed by atoms with van der Waals surface area (Å²) >= 11 is 1.08. The van der Waals surface area contributed by atoms with Gasteiger partial charge in [0.15, 0.2) is 11.4 Å². The number of azo groups is 1. The molecular weight excluding hydrogens is 548 g/mol. The number of carboxylic acid groups (broad SMARTS) is 1. The molecule has 0 amide bonds. The number of aromatic carboxylic acids is 1. The van der Waals surface area contributed by atoms with Crippen molar-refractivity contribution in [2.45, 2.75) is 26.2 Å². The number of nitrogens with two attached hydrogens (primary N) is 2. The lowest BCUT2D eigenvalue weighted by molar-refractivity contribution is 0.0702. The van der Waals surface area contributed by atoms with E-state index in [0.717, 1.165) is 36.3 Å². The lowest BCUT2D eigenvalue weighted by Crippen LogP contribution is -2.14. The zero-order chi connectivity index (χ0) is 29.9. The maximum Gasteiger partial charge on any atom is 0.345 e. The van der Waals surface area contributed by atoms with Crippen LogP contribution in [-0.4, -0.2) is 62.5 Å². The van der Waals surface area contributed by atoms with Crippen LogP contribution in [-0.2, 0) is 12.8 Å². The van der Waals surface area contributed by atoms with Crippen LogP contribution in [0, 0.1) is 6.92 Å². The fraction of sp³-hybridized carbons (Fsp3) is 0.286. The Labute approximate surface area is 240 Å². The number of aromatic hydroxyl groups is 1. The molecule has 5 rings (SSSR count). The molecule has 2 aromatic heterocycles. The number of thiophene rings is 1. The molecule has 41 heavy (non-hydrogen) atoms. The first kappa shape index (κ1) is 31.4. The molecule has 13 heteroatoms. The van der Waals surface area contributed by atoms with Gasteiger partial charge in [-0.15, -0.1) is 21.6 Å². The van der Waals surface area contributed by atoms with Crippen LogP contribution in [0.2, 0.25) is 0 Å². The van der Waals surface area contributed by atoms with E-state index in [1.807, 2.05) is 12.1 Å². The summed E-state index contributed by atoms with van der Waals surface area (Å²) in [7, 11) is 0. The van der Waals surface area contributed by atoms with Crippen molar-refractivity contribution in [2.75, 3.05) is 26.3 Å². The number of aryl methyl sites for hydroxylation is 3. The van der Waals surface area contributed by atoms with Gasteiger partial charge in [-0.1, -0.05) is 18.2 Å². The number of carboxylic acids is 1. The highest BCUT2D eigenvalue weighted by Gasteiger charge is 2.17. The molecule has 2 heterocycles. The van der Waals surface area contributed by atoms with Gasteiger partial charge < -0.3 is 31.9 Å². The molecule has 0 saturated carbocycles. The van der Waals surface area contributed by atoms with Crippen molar-refractivity contribution in [2.24, 2.45) is 21.7 Å². The lowest BCUT2D eigenvalue weighted by Gasteiger charge is -2.05. The summed E-state index contributed by atoms with van der Waals surface area (Å²) in [5.41, 5.74) is 14.5. The van der Waals surface area contributed by atoms with Gasteiger partial charge in [-0.05, 0) is 72.5 Å². The Bertz CT molecular complexity index is 1550. The van der Waals surface area contributed by atoms with E-state index in [9.17, 15) is 14.7 Å². The van der Waals surface area contributed by atoms with Crippen LogP contribution in [0.4, 0.5) is 11.4 Å². The number of aliphatic hydroxyl groups excluding tert-OH is 2. The third kappa shape index (κ3) is 7.74. The number of hydrogen-bond acceptors (Lipinski definition) is 10. The quantitative estimate of drug-likeness (QED) is 0.160. The molecule has 1 aliphatic rings. The van der Waals surface area contributed by atoms with Crippen molar-refractivity contribution in [3.63, 3.8) is 0 Å². The van der Waals surface area contributed by atoms with Crippen LogP contribution in [0.5, 0.6) is 5.75 Å². The van der Waals surface area contributed by atoms with Gasteiger partial charge >= 0.3 is 5.97 Å². The van der Waals surface area contributed by atoms with Crippen LogP contribution in [0.3, 0.4) is 0 Å². The van der Waals surface area contributed by atoms with E-state index >= 15 is 0 Å². The van der Waals surface area contributed by atoms with Gasteiger partial charge in [-0.25, -0.2) is 9.48 Å². The Morgan fingerprint density at radius 1 is 1.05 bits per heavy atom. The number of phenols is 1. The smallest absolute Gasteiger partial charge is 0.345 e. The Kier molecular flexibility index (Phi) is 11.5. The van der Waals surface area contributed by atoms with Crippen LogP contribution in [0.15, 0.2) is 62.9 Å². The number of H-pyrrole nitrogens is 1. The second-order valence-corrected chi connectivity index (χ2v) is 9.85. The van der Waals surface area contributed by atoms with Gasteiger partial charge in [-0.2, -0.15) is 0 Å². The van der Waals surface area contributed by atoms with E-state index in [-0.39, 0.29) is 40.8 Å². The van der Waals surface area contributed by atoms with Crippen LogP contribution in [0.25, 0.3) is 16.8 Å². The van der Waals surface area contributed by atoms with Crippen LogP contribution in [0.1, 0.15) is 32.9 Å². The first-order valence-electron chi connectivity index (χ1n) is 12.9. The van der Waals surface area contributed by atoms with E-state index in [1.165, 1.54) is 21.9 Å². The number of fused-ring (bicyclic) bond motifs is 1. The molecule has 0 spiro atoms. The second-order valence-electron chi connectivity index (χ2n) is 8.94. The van der Waals surface area contributed by atoms with Gasteiger partial charge in [0.05, 0.1) is 24.6 Å². The molecule has 0 fully saturated rings. The maximum absolute atomic E-state index is 13.0. The number of hydrogen-bond donors (Lipinski definition) is 7. The molecule has 0 radical (unpaired) electrons. The molecule has 0 atom stereocenters. The highest BCUT2D eigenvalue weighted by molar-refractivity contribution is 7.12. The first-order valence-corrected chi connectivity index (χ1v) is 13.7. The van der Waals surface area contributed by atoms with E-state index in [4.69, 9.17) is 26.8 Å². The van der Waals surface area contributed by atoms with Crippen molar-refractivity contribution < 1.29 is 25.2 Å². The molecule has 9 N–H and O–H groups in total. The van der Waals surface area contributed by atoms with E-state index < -0.39 is 5.97 Å². The Morgan fingerprint density at radius 3 is 2.37 bits per heavy atom. The summed E-state index contributed by atoms with van der Waals surface area (Å²) in [6, 6.07) is 12.4. The number of para-hydroxylation sites is 1.